The molecule has 0 atom stereocenters. The molecule has 0 spiro atoms. The SMILES string of the molecule is CCOc1cc(/C=C(/C(=O)NCc2ccccc2)c2nc3ccccc3[nH]2)ccc1O. The summed E-state index contributed by atoms with van der Waals surface area (Å²) in [4.78, 5) is 21.0. The number of benzene rings is 3. The van der Waals surface area contributed by atoms with Gasteiger partial charge in [0.2, 0.25) is 0 Å². The number of fused-ring (bicyclic) bond motifs is 1. The van der Waals surface area contributed by atoms with E-state index in [1.807, 2.05) is 61.5 Å². The van der Waals surface area contributed by atoms with Gasteiger partial charge in [-0.2, -0.15) is 0 Å². The van der Waals surface area contributed by atoms with Crippen molar-refractivity contribution in [1.82, 2.24) is 15.3 Å². The number of aromatic nitrogens is 2. The van der Waals surface area contributed by atoms with E-state index in [2.05, 4.69) is 15.3 Å². The summed E-state index contributed by atoms with van der Waals surface area (Å²) >= 11 is 0. The van der Waals surface area contributed by atoms with E-state index in [-0.39, 0.29) is 11.7 Å². The fourth-order valence-corrected chi connectivity index (χ4v) is 3.25. The van der Waals surface area contributed by atoms with Gasteiger partial charge in [-0.05, 0) is 48.4 Å². The number of hydrogen-bond acceptors (Lipinski definition) is 4. The van der Waals surface area contributed by atoms with Crippen LogP contribution in [0.15, 0.2) is 72.8 Å². The summed E-state index contributed by atoms with van der Waals surface area (Å²) in [6, 6.07) is 22.3. The van der Waals surface area contributed by atoms with Crippen LogP contribution in [-0.2, 0) is 11.3 Å². The molecule has 0 aliphatic carbocycles. The van der Waals surface area contributed by atoms with Gasteiger partial charge in [-0.3, -0.25) is 4.79 Å². The first-order valence-corrected chi connectivity index (χ1v) is 10.1. The summed E-state index contributed by atoms with van der Waals surface area (Å²) in [6.45, 7) is 2.67. The molecule has 6 nitrogen and oxygen atoms in total. The number of rotatable bonds is 7. The molecule has 0 fully saturated rings. The van der Waals surface area contributed by atoms with Crippen molar-refractivity contribution in [2.45, 2.75) is 13.5 Å². The van der Waals surface area contributed by atoms with E-state index in [1.165, 1.54) is 0 Å². The average Bonchev–Trinajstić information content (AvgIpc) is 3.22. The highest BCUT2D eigenvalue weighted by Gasteiger charge is 2.17. The van der Waals surface area contributed by atoms with Crippen molar-refractivity contribution in [1.29, 1.82) is 0 Å². The Morgan fingerprint density at radius 2 is 1.87 bits per heavy atom. The molecular formula is C25H23N3O3. The molecule has 0 saturated carbocycles. The van der Waals surface area contributed by atoms with Crippen molar-refractivity contribution < 1.29 is 14.6 Å². The zero-order valence-corrected chi connectivity index (χ0v) is 17.1. The number of ether oxygens (including phenoxy) is 1. The van der Waals surface area contributed by atoms with E-state index >= 15 is 0 Å². The second-order valence-electron chi connectivity index (χ2n) is 6.99. The molecule has 4 aromatic rings. The fourth-order valence-electron chi connectivity index (χ4n) is 3.25. The summed E-state index contributed by atoms with van der Waals surface area (Å²) in [5.74, 6) is 0.634. The van der Waals surface area contributed by atoms with Crippen molar-refractivity contribution >= 4 is 28.6 Å². The maximum Gasteiger partial charge on any atom is 0.255 e. The summed E-state index contributed by atoms with van der Waals surface area (Å²) in [7, 11) is 0. The van der Waals surface area contributed by atoms with Gasteiger partial charge >= 0.3 is 0 Å². The molecule has 0 unspecified atom stereocenters. The predicted octanol–water partition coefficient (Wildman–Crippen LogP) is 4.52. The number of imidazole rings is 1. The first-order chi connectivity index (χ1) is 15.1. The largest absolute Gasteiger partial charge is 0.504 e. The van der Waals surface area contributed by atoms with Crippen LogP contribution in [0, 0.1) is 0 Å². The van der Waals surface area contributed by atoms with Gasteiger partial charge in [0.05, 0.1) is 23.2 Å². The minimum absolute atomic E-state index is 0.0535. The molecule has 6 heteroatoms. The molecule has 0 bridgehead atoms. The molecule has 156 valence electrons. The molecular weight excluding hydrogens is 390 g/mol. The van der Waals surface area contributed by atoms with Crippen molar-refractivity contribution in [2.75, 3.05) is 6.61 Å². The van der Waals surface area contributed by atoms with Crippen molar-refractivity contribution in [3.05, 3.63) is 89.7 Å². The van der Waals surface area contributed by atoms with Crippen LogP contribution in [0.2, 0.25) is 0 Å². The third kappa shape index (κ3) is 4.75. The lowest BCUT2D eigenvalue weighted by Crippen LogP contribution is -2.24. The highest BCUT2D eigenvalue weighted by atomic mass is 16.5. The van der Waals surface area contributed by atoms with E-state index in [9.17, 15) is 9.90 Å². The molecule has 3 N–H and O–H groups in total. The van der Waals surface area contributed by atoms with Crippen molar-refractivity contribution in [3.63, 3.8) is 0 Å². The van der Waals surface area contributed by atoms with Crippen LogP contribution in [0.4, 0.5) is 0 Å². The standard InChI is InChI=1S/C25H23N3O3/c1-2-31-23-15-18(12-13-22(23)29)14-19(24-27-20-10-6-7-11-21(20)28-24)25(30)26-16-17-8-4-3-5-9-17/h3-15,29H,2,16H2,1H3,(H,26,30)(H,27,28)/b19-14+. The third-order valence-electron chi connectivity index (χ3n) is 4.78. The number of carbonyl (C=O) groups is 1. The topological polar surface area (TPSA) is 87.2 Å². The quantitative estimate of drug-likeness (QED) is 0.389. The molecule has 0 aliphatic heterocycles. The first-order valence-electron chi connectivity index (χ1n) is 10.1. The van der Waals surface area contributed by atoms with Gasteiger partial charge in [-0.25, -0.2) is 4.98 Å². The minimum atomic E-state index is -0.256. The second-order valence-corrected chi connectivity index (χ2v) is 6.99. The normalized spacial score (nSPS) is 11.5. The van der Waals surface area contributed by atoms with Crippen LogP contribution in [0.1, 0.15) is 23.9 Å². The Morgan fingerprint density at radius 3 is 2.65 bits per heavy atom. The van der Waals surface area contributed by atoms with Crippen LogP contribution in [-0.4, -0.2) is 27.6 Å². The predicted molar refractivity (Wildman–Crippen MR) is 122 cm³/mol. The maximum absolute atomic E-state index is 13.2. The van der Waals surface area contributed by atoms with Crippen LogP contribution in [0.3, 0.4) is 0 Å². The highest BCUT2D eigenvalue weighted by molar-refractivity contribution is 6.23. The zero-order valence-electron chi connectivity index (χ0n) is 17.1. The summed E-state index contributed by atoms with van der Waals surface area (Å²) < 4.78 is 5.48. The monoisotopic (exact) mass is 413 g/mol. The molecule has 4 rings (SSSR count). The molecule has 1 aromatic heterocycles. The number of nitrogens with one attached hydrogen (secondary N) is 2. The van der Waals surface area contributed by atoms with Crippen LogP contribution in [0.5, 0.6) is 11.5 Å². The number of amides is 1. The minimum Gasteiger partial charge on any atom is -0.504 e. The fraction of sp³-hybridized carbons (Fsp3) is 0.120. The van der Waals surface area contributed by atoms with Gasteiger partial charge in [0.15, 0.2) is 11.5 Å². The van der Waals surface area contributed by atoms with E-state index in [0.717, 1.165) is 16.6 Å². The van der Waals surface area contributed by atoms with E-state index in [4.69, 9.17) is 4.74 Å². The molecule has 0 aliphatic rings. The van der Waals surface area contributed by atoms with E-state index < -0.39 is 0 Å². The molecule has 1 amide bonds. The van der Waals surface area contributed by atoms with Crippen LogP contribution >= 0.6 is 0 Å². The number of aromatic amines is 1. The Balaban J connectivity index is 1.70. The summed E-state index contributed by atoms with van der Waals surface area (Å²) in [5, 5.41) is 13.0. The number of phenolic OH excluding ortho intramolecular Hbond substituents is 1. The van der Waals surface area contributed by atoms with Gasteiger partial charge in [-0.1, -0.05) is 48.5 Å². The lowest BCUT2D eigenvalue weighted by atomic mass is 10.1. The lowest BCUT2D eigenvalue weighted by molar-refractivity contribution is -0.115. The summed E-state index contributed by atoms with van der Waals surface area (Å²) in [6.07, 6.45) is 1.74. The van der Waals surface area contributed by atoms with Gasteiger partial charge in [0.25, 0.3) is 5.91 Å². The van der Waals surface area contributed by atoms with Gasteiger partial charge in [0.1, 0.15) is 5.82 Å². The third-order valence-corrected chi connectivity index (χ3v) is 4.78. The van der Waals surface area contributed by atoms with Crippen molar-refractivity contribution in [3.8, 4) is 11.5 Å². The second kappa shape index (κ2) is 9.17. The number of para-hydroxylation sites is 2. The molecule has 0 radical (unpaired) electrons. The molecule has 31 heavy (non-hydrogen) atoms. The Bertz CT molecular complexity index is 1200. The molecule has 0 saturated heterocycles. The zero-order chi connectivity index (χ0) is 21.6. The van der Waals surface area contributed by atoms with E-state index in [1.54, 1.807) is 24.3 Å². The Labute approximate surface area is 180 Å². The maximum atomic E-state index is 13.2. The Hall–Kier alpha value is -4.06. The number of phenols is 1. The summed E-state index contributed by atoms with van der Waals surface area (Å²) in [5.41, 5.74) is 3.73. The van der Waals surface area contributed by atoms with Gasteiger partial charge < -0.3 is 20.1 Å². The number of aromatic hydroxyl groups is 1. The highest BCUT2D eigenvalue weighted by Crippen LogP contribution is 2.29. The smallest absolute Gasteiger partial charge is 0.255 e. The van der Waals surface area contributed by atoms with Crippen LogP contribution < -0.4 is 10.1 Å². The van der Waals surface area contributed by atoms with Crippen molar-refractivity contribution in [2.24, 2.45) is 0 Å². The molecule has 1 heterocycles. The number of carbonyl (C=O) groups excluding carboxylic acids is 1. The lowest BCUT2D eigenvalue weighted by Gasteiger charge is -2.09. The van der Waals surface area contributed by atoms with E-state index in [0.29, 0.717) is 35.9 Å². The van der Waals surface area contributed by atoms with Gasteiger partial charge in [0, 0.05) is 6.54 Å². The van der Waals surface area contributed by atoms with Gasteiger partial charge in [-0.15, -0.1) is 0 Å². The number of nitrogens with zero attached hydrogens (tertiary/aromatic N) is 1. The van der Waals surface area contributed by atoms with Crippen LogP contribution in [0.25, 0.3) is 22.7 Å². The molecule has 3 aromatic carbocycles. The first kappa shape index (κ1) is 20.2. The number of hydrogen-bond donors (Lipinski definition) is 3. The average molecular weight is 413 g/mol. The Morgan fingerprint density at radius 1 is 1.10 bits per heavy atom. The Kier molecular flexibility index (Phi) is 5.98. The number of H-pyrrole nitrogens is 1.